The fourth-order valence-electron chi connectivity index (χ4n) is 3.51. The zero-order valence-electron chi connectivity index (χ0n) is 13.1. The van der Waals surface area contributed by atoms with E-state index in [1.807, 2.05) is 29.2 Å². The number of amides is 1. The van der Waals surface area contributed by atoms with E-state index in [9.17, 15) is 4.79 Å². The Morgan fingerprint density at radius 1 is 1.30 bits per heavy atom. The number of nitrogens with zero attached hydrogens (tertiary/aromatic N) is 3. The summed E-state index contributed by atoms with van der Waals surface area (Å²) in [5.74, 6) is 0.982. The monoisotopic (exact) mass is 313 g/mol. The second kappa shape index (κ2) is 5.45. The molecule has 1 spiro atoms. The Labute approximate surface area is 134 Å². The zero-order chi connectivity index (χ0) is 15.9. The van der Waals surface area contributed by atoms with Crippen LogP contribution in [-0.2, 0) is 4.74 Å². The van der Waals surface area contributed by atoms with Crippen molar-refractivity contribution in [2.24, 2.45) is 5.41 Å². The van der Waals surface area contributed by atoms with Gasteiger partial charge in [-0.05, 0) is 31.9 Å². The number of likely N-dealkylation sites (tertiary alicyclic amines) is 1. The van der Waals surface area contributed by atoms with Crippen molar-refractivity contribution in [2.75, 3.05) is 26.3 Å². The van der Waals surface area contributed by atoms with E-state index in [0.29, 0.717) is 22.8 Å². The minimum Gasteiger partial charge on any atom is -0.381 e. The SMILES string of the molecule is Cc1noc(-c2ccccc2C(=O)N2CC[C@@]3(CCOC3)C2)n1. The van der Waals surface area contributed by atoms with Gasteiger partial charge >= 0.3 is 0 Å². The first kappa shape index (κ1) is 14.4. The van der Waals surface area contributed by atoms with Gasteiger partial charge in [-0.3, -0.25) is 4.79 Å². The molecule has 1 aromatic heterocycles. The van der Waals surface area contributed by atoms with Crippen LogP contribution in [0, 0.1) is 12.3 Å². The average Bonchev–Trinajstić information content (AvgIpc) is 3.30. The number of ether oxygens (including phenoxy) is 1. The van der Waals surface area contributed by atoms with Gasteiger partial charge in [0, 0.05) is 25.1 Å². The molecular weight excluding hydrogens is 294 g/mol. The maximum absolute atomic E-state index is 13.0. The molecule has 2 aromatic rings. The zero-order valence-corrected chi connectivity index (χ0v) is 13.1. The van der Waals surface area contributed by atoms with Gasteiger partial charge in [0.25, 0.3) is 11.8 Å². The molecule has 2 saturated heterocycles. The topological polar surface area (TPSA) is 68.5 Å². The van der Waals surface area contributed by atoms with Crippen LogP contribution in [0.1, 0.15) is 29.0 Å². The molecule has 23 heavy (non-hydrogen) atoms. The molecule has 0 N–H and O–H groups in total. The Morgan fingerprint density at radius 2 is 2.17 bits per heavy atom. The highest BCUT2D eigenvalue weighted by molar-refractivity contribution is 6.00. The average molecular weight is 313 g/mol. The third-order valence-corrected chi connectivity index (χ3v) is 4.83. The van der Waals surface area contributed by atoms with Gasteiger partial charge in [0.2, 0.25) is 0 Å². The normalized spacial score (nSPS) is 23.8. The van der Waals surface area contributed by atoms with E-state index in [1.54, 1.807) is 6.92 Å². The summed E-state index contributed by atoms with van der Waals surface area (Å²) in [4.78, 5) is 19.2. The summed E-state index contributed by atoms with van der Waals surface area (Å²) < 4.78 is 10.8. The summed E-state index contributed by atoms with van der Waals surface area (Å²) in [6.45, 7) is 4.88. The van der Waals surface area contributed by atoms with Crippen molar-refractivity contribution in [3.63, 3.8) is 0 Å². The lowest BCUT2D eigenvalue weighted by Crippen LogP contribution is -2.32. The van der Waals surface area contributed by atoms with Gasteiger partial charge in [0.1, 0.15) is 0 Å². The highest BCUT2D eigenvalue weighted by Crippen LogP contribution is 2.39. The van der Waals surface area contributed by atoms with Crippen LogP contribution >= 0.6 is 0 Å². The fourth-order valence-corrected chi connectivity index (χ4v) is 3.51. The van der Waals surface area contributed by atoms with E-state index in [-0.39, 0.29) is 11.3 Å². The van der Waals surface area contributed by atoms with Gasteiger partial charge in [0.15, 0.2) is 5.82 Å². The van der Waals surface area contributed by atoms with Crippen molar-refractivity contribution in [1.82, 2.24) is 15.0 Å². The van der Waals surface area contributed by atoms with Crippen LogP contribution in [0.5, 0.6) is 0 Å². The summed E-state index contributed by atoms with van der Waals surface area (Å²) in [6, 6.07) is 7.42. The summed E-state index contributed by atoms with van der Waals surface area (Å²) in [7, 11) is 0. The van der Waals surface area contributed by atoms with E-state index in [0.717, 1.165) is 39.1 Å². The Hall–Kier alpha value is -2.21. The van der Waals surface area contributed by atoms with Crippen LogP contribution in [-0.4, -0.2) is 47.3 Å². The third kappa shape index (κ3) is 2.53. The maximum Gasteiger partial charge on any atom is 0.258 e. The number of carbonyl (C=O) groups is 1. The molecule has 1 aromatic carbocycles. The van der Waals surface area contributed by atoms with Crippen molar-refractivity contribution in [2.45, 2.75) is 19.8 Å². The van der Waals surface area contributed by atoms with E-state index in [1.165, 1.54) is 0 Å². The molecule has 4 rings (SSSR count). The van der Waals surface area contributed by atoms with Crippen molar-refractivity contribution in [3.8, 4) is 11.5 Å². The van der Waals surface area contributed by atoms with Crippen LogP contribution < -0.4 is 0 Å². The van der Waals surface area contributed by atoms with E-state index in [2.05, 4.69) is 10.1 Å². The third-order valence-electron chi connectivity index (χ3n) is 4.83. The lowest BCUT2D eigenvalue weighted by molar-refractivity contribution is 0.0766. The van der Waals surface area contributed by atoms with Crippen LogP contribution in [0.15, 0.2) is 28.8 Å². The number of benzene rings is 1. The Balaban J connectivity index is 1.62. The molecule has 0 unspecified atom stereocenters. The standard InChI is InChI=1S/C17H19N3O3/c1-12-18-15(23-19-12)13-4-2-3-5-14(13)16(21)20-8-6-17(10-20)7-9-22-11-17/h2-5H,6-11H2,1H3/t17-/m1/s1. The molecule has 0 bridgehead atoms. The Morgan fingerprint density at radius 3 is 2.91 bits per heavy atom. The number of carbonyl (C=O) groups excluding carboxylic acids is 1. The van der Waals surface area contributed by atoms with Crippen LogP contribution in [0.3, 0.4) is 0 Å². The van der Waals surface area contributed by atoms with Crippen LogP contribution in [0.2, 0.25) is 0 Å². The lowest BCUT2D eigenvalue weighted by atomic mass is 9.87. The predicted molar refractivity (Wildman–Crippen MR) is 82.9 cm³/mol. The smallest absolute Gasteiger partial charge is 0.258 e. The number of rotatable bonds is 2. The van der Waals surface area contributed by atoms with E-state index < -0.39 is 0 Å². The highest BCUT2D eigenvalue weighted by atomic mass is 16.5. The molecule has 1 amide bonds. The minimum absolute atomic E-state index is 0.0280. The molecule has 6 heteroatoms. The predicted octanol–water partition coefficient (Wildman–Crippen LogP) is 2.30. The first-order chi connectivity index (χ1) is 11.2. The van der Waals surface area contributed by atoms with Gasteiger partial charge in [0.05, 0.1) is 17.7 Å². The van der Waals surface area contributed by atoms with Crippen molar-refractivity contribution < 1.29 is 14.1 Å². The summed E-state index contributed by atoms with van der Waals surface area (Å²) in [6.07, 6.45) is 2.06. The fraction of sp³-hybridized carbons (Fsp3) is 0.471. The molecule has 2 aliphatic heterocycles. The Kier molecular flexibility index (Phi) is 3.41. The molecule has 6 nitrogen and oxygen atoms in total. The van der Waals surface area contributed by atoms with Crippen LogP contribution in [0.25, 0.3) is 11.5 Å². The number of aromatic nitrogens is 2. The molecule has 120 valence electrons. The molecule has 3 heterocycles. The van der Waals surface area contributed by atoms with Gasteiger partial charge in [-0.1, -0.05) is 17.3 Å². The van der Waals surface area contributed by atoms with Crippen molar-refractivity contribution in [3.05, 3.63) is 35.7 Å². The molecule has 0 radical (unpaired) electrons. The van der Waals surface area contributed by atoms with Crippen molar-refractivity contribution in [1.29, 1.82) is 0 Å². The number of hydrogen-bond donors (Lipinski definition) is 0. The summed E-state index contributed by atoms with van der Waals surface area (Å²) in [5, 5.41) is 3.82. The maximum atomic E-state index is 13.0. The van der Waals surface area contributed by atoms with Crippen LogP contribution in [0.4, 0.5) is 0 Å². The Bertz CT molecular complexity index is 734. The molecule has 2 aliphatic rings. The minimum atomic E-state index is 0.0280. The molecule has 1 atom stereocenters. The highest BCUT2D eigenvalue weighted by Gasteiger charge is 2.43. The molecule has 0 saturated carbocycles. The second-order valence-corrected chi connectivity index (χ2v) is 6.47. The van der Waals surface area contributed by atoms with E-state index >= 15 is 0 Å². The van der Waals surface area contributed by atoms with Gasteiger partial charge in [-0.15, -0.1) is 0 Å². The van der Waals surface area contributed by atoms with E-state index in [4.69, 9.17) is 9.26 Å². The van der Waals surface area contributed by atoms with Gasteiger partial charge in [-0.25, -0.2) is 0 Å². The first-order valence-electron chi connectivity index (χ1n) is 7.94. The second-order valence-electron chi connectivity index (χ2n) is 6.47. The molecule has 0 aliphatic carbocycles. The molecule has 2 fully saturated rings. The first-order valence-corrected chi connectivity index (χ1v) is 7.94. The largest absolute Gasteiger partial charge is 0.381 e. The van der Waals surface area contributed by atoms with Crippen molar-refractivity contribution >= 4 is 5.91 Å². The lowest BCUT2D eigenvalue weighted by Gasteiger charge is -2.22. The van der Waals surface area contributed by atoms with Gasteiger partial charge < -0.3 is 14.2 Å². The van der Waals surface area contributed by atoms with Gasteiger partial charge in [-0.2, -0.15) is 4.98 Å². The summed E-state index contributed by atoms with van der Waals surface area (Å²) in [5.41, 5.74) is 1.47. The quantitative estimate of drug-likeness (QED) is 0.851. The molecular formula is C17H19N3O3. The number of aryl methyl sites for hydroxylation is 1. The summed E-state index contributed by atoms with van der Waals surface area (Å²) >= 11 is 0. The number of hydrogen-bond acceptors (Lipinski definition) is 5.